The van der Waals surface area contributed by atoms with Gasteiger partial charge >= 0.3 is 5.97 Å². The standard InChI is InChI=1S/C9H10N4O4/c1-13-3-6(2-10-13)9-11-7(17-12-9)4-16-5-8(14)15/h2-3H,4-5H2,1H3,(H,14,15). The third kappa shape index (κ3) is 2.88. The predicted octanol–water partition coefficient (Wildman–Crippen LogP) is 0.0713. The maximum Gasteiger partial charge on any atom is 0.329 e. The fraction of sp³-hybridized carbons (Fsp3) is 0.333. The Labute approximate surface area is 95.8 Å². The third-order valence-electron chi connectivity index (χ3n) is 1.88. The molecule has 2 rings (SSSR count). The number of aliphatic carboxylic acids is 1. The van der Waals surface area contributed by atoms with Crippen molar-refractivity contribution in [1.29, 1.82) is 0 Å². The zero-order valence-corrected chi connectivity index (χ0v) is 9.03. The summed E-state index contributed by atoms with van der Waals surface area (Å²) in [6.45, 7) is -0.426. The first-order valence-electron chi connectivity index (χ1n) is 4.76. The highest BCUT2D eigenvalue weighted by molar-refractivity contribution is 5.67. The number of ether oxygens (including phenoxy) is 1. The zero-order chi connectivity index (χ0) is 12.3. The molecule has 0 spiro atoms. The number of nitrogens with zero attached hydrogens (tertiary/aromatic N) is 4. The molecule has 0 fully saturated rings. The Morgan fingerprint density at radius 3 is 3.12 bits per heavy atom. The van der Waals surface area contributed by atoms with Crippen LogP contribution in [0.4, 0.5) is 0 Å². The SMILES string of the molecule is Cn1cc(-c2noc(COCC(=O)O)n2)cn1. The van der Waals surface area contributed by atoms with E-state index >= 15 is 0 Å². The summed E-state index contributed by atoms with van der Waals surface area (Å²) in [5.41, 5.74) is 0.723. The number of hydrogen-bond donors (Lipinski definition) is 1. The van der Waals surface area contributed by atoms with Gasteiger partial charge in [0.05, 0.1) is 11.8 Å². The summed E-state index contributed by atoms with van der Waals surface area (Å²) in [5, 5.41) is 16.1. The minimum Gasteiger partial charge on any atom is -0.480 e. The number of aromatic nitrogens is 4. The molecular weight excluding hydrogens is 228 g/mol. The van der Waals surface area contributed by atoms with Crippen LogP contribution in [0.5, 0.6) is 0 Å². The lowest BCUT2D eigenvalue weighted by Crippen LogP contribution is -2.06. The first kappa shape index (κ1) is 11.3. The molecule has 90 valence electrons. The largest absolute Gasteiger partial charge is 0.480 e. The van der Waals surface area contributed by atoms with E-state index in [0.717, 1.165) is 5.56 Å². The number of rotatable bonds is 5. The molecule has 8 nitrogen and oxygen atoms in total. The maximum absolute atomic E-state index is 10.2. The molecule has 2 aromatic rings. The summed E-state index contributed by atoms with van der Waals surface area (Å²) in [7, 11) is 1.78. The van der Waals surface area contributed by atoms with Gasteiger partial charge < -0.3 is 14.4 Å². The van der Waals surface area contributed by atoms with Gasteiger partial charge in [-0.1, -0.05) is 5.16 Å². The Kier molecular flexibility index (Phi) is 3.15. The molecule has 2 heterocycles. The van der Waals surface area contributed by atoms with Crippen molar-refractivity contribution in [3.8, 4) is 11.4 Å². The smallest absolute Gasteiger partial charge is 0.329 e. The van der Waals surface area contributed by atoms with Crippen LogP contribution in [0.3, 0.4) is 0 Å². The molecular formula is C9H10N4O4. The fourth-order valence-corrected chi connectivity index (χ4v) is 1.19. The van der Waals surface area contributed by atoms with E-state index in [1.54, 1.807) is 24.1 Å². The molecule has 0 atom stereocenters. The first-order chi connectivity index (χ1) is 8.15. The average Bonchev–Trinajstić information content (AvgIpc) is 2.86. The van der Waals surface area contributed by atoms with Gasteiger partial charge in [-0.15, -0.1) is 0 Å². The van der Waals surface area contributed by atoms with Crippen LogP contribution < -0.4 is 0 Å². The molecule has 0 amide bonds. The van der Waals surface area contributed by atoms with Crippen LogP contribution in [0.25, 0.3) is 11.4 Å². The van der Waals surface area contributed by atoms with Gasteiger partial charge in [-0.3, -0.25) is 4.68 Å². The van der Waals surface area contributed by atoms with E-state index in [4.69, 9.17) is 14.4 Å². The number of carboxylic acid groups (broad SMARTS) is 1. The summed E-state index contributed by atoms with van der Waals surface area (Å²) >= 11 is 0. The Morgan fingerprint density at radius 2 is 2.47 bits per heavy atom. The van der Waals surface area contributed by atoms with Gasteiger partial charge in [0.2, 0.25) is 5.82 Å². The highest BCUT2D eigenvalue weighted by Gasteiger charge is 2.10. The fourth-order valence-electron chi connectivity index (χ4n) is 1.19. The molecule has 0 aliphatic rings. The van der Waals surface area contributed by atoms with Crippen LogP contribution in [-0.4, -0.2) is 37.6 Å². The van der Waals surface area contributed by atoms with Gasteiger partial charge in [0, 0.05) is 13.2 Å². The van der Waals surface area contributed by atoms with E-state index in [-0.39, 0.29) is 12.5 Å². The summed E-state index contributed by atoms with van der Waals surface area (Å²) in [6, 6.07) is 0. The van der Waals surface area contributed by atoms with E-state index in [2.05, 4.69) is 15.2 Å². The van der Waals surface area contributed by atoms with Crippen molar-refractivity contribution in [2.45, 2.75) is 6.61 Å². The molecule has 0 bridgehead atoms. The van der Waals surface area contributed by atoms with Gasteiger partial charge in [0.1, 0.15) is 13.2 Å². The van der Waals surface area contributed by atoms with Crippen molar-refractivity contribution in [3.63, 3.8) is 0 Å². The lowest BCUT2D eigenvalue weighted by atomic mass is 10.3. The molecule has 0 saturated carbocycles. The predicted molar refractivity (Wildman–Crippen MR) is 53.8 cm³/mol. The third-order valence-corrected chi connectivity index (χ3v) is 1.88. The van der Waals surface area contributed by atoms with Crippen molar-refractivity contribution in [2.24, 2.45) is 7.05 Å². The molecule has 0 aliphatic heterocycles. The van der Waals surface area contributed by atoms with Gasteiger partial charge in [-0.05, 0) is 0 Å². The van der Waals surface area contributed by atoms with Crippen LogP contribution in [-0.2, 0) is 23.2 Å². The Balaban J connectivity index is 1.98. The van der Waals surface area contributed by atoms with E-state index in [9.17, 15) is 4.79 Å². The number of aryl methyl sites for hydroxylation is 1. The number of carbonyl (C=O) groups is 1. The van der Waals surface area contributed by atoms with E-state index in [1.807, 2.05) is 0 Å². The van der Waals surface area contributed by atoms with E-state index in [0.29, 0.717) is 5.82 Å². The molecule has 0 aromatic carbocycles. The van der Waals surface area contributed by atoms with E-state index in [1.165, 1.54) is 0 Å². The molecule has 2 aromatic heterocycles. The van der Waals surface area contributed by atoms with Gasteiger partial charge in [0.25, 0.3) is 5.89 Å². The van der Waals surface area contributed by atoms with Gasteiger partial charge in [-0.2, -0.15) is 10.1 Å². The second-order valence-electron chi connectivity index (χ2n) is 3.30. The Hall–Kier alpha value is -2.22. The number of carboxylic acids is 1. The van der Waals surface area contributed by atoms with Crippen molar-refractivity contribution in [2.75, 3.05) is 6.61 Å². The lowest BCUT2D eigenvalue weighted by Gasteiger charge is -1.93. The average molecular weight is 238 g/mol. The minimum absolute atomic E-state index is 0.0282. The van der Waals surface area contributed by atoms with Crippen molar-refractivity contribution < 1.29 is 19.2 Å². The topological polar surface area (TPSA) is 103 Å². The molecule has 8 heteroatoms. The van der Waals surface area contributed by atoms with Crippen molar-refractivity contribution >= 4 is 5.97 Å². The van der Waals surface area contributed by atoms with Crippen LogP contribution in [0.1, 0.15) is 5.89 Å². The molecule has 17 heavy (non-hydrogen) atoms. The minimum atomic E-state index is -1.04. The summed E-state index contributed by atoms with van der Waals surface area (Å²) < 4.78 is 11.3. The first-order valence-corrected chi connectivity index (χ1v) is 4.76. The second-order valence-corrected chi connectivity index (χ2v) is 3.30. The monoisotopic (exact) mass is 238 g/mol. The molecule has 1 N–H and O–H groups in total. The maximum atomic E-state index is 10.2. The summed E-state index contributed by atoms with van der Waals surface area (Å²) in [4.78, 5) is 14.3. The van der Waals surface area contributed by atoms with Crippen LogP contribution >= 0.6 is 0 Å². The molecule has 0 unspecified atom stereocenters. The summed E-state index contributed by atoms with van der Waals surface area (Å²) in [5.74, 6) is -0.422. The van der Waals surface area contributed by atoms with E-state index < -0.39 is 12.6 Å². The molecule has 0 radical (unpaired) electrons. The second kappa shape index (κ2) is 4.74. The Bertz CT molecular complexity index is 519. The van der Waals surface area contributed by atoms with Crippen LogP contribution in [0, 0.1) is 0 Å². The van der Waals surface area contributed by atoms with Crippen molar-refractivity contribution in [3.05, 3.63) is 18.3 Å². The quantitative estimate of drug-likeness (QED) is 0.786. The van der Waals surface area contributed by atoms with Crippen molar-refractivity contribution in [1.82, 2.24) is 19.9 Å². The molecule has 0 saturated heterocycles. The highest BCUT2D eigenvalue weighted by atomic mass is 16.5. The van der Waals surface area contributed by atoms with Gasteiger partial charge in [-0.25, -0.2) is 4.79 Å². The zero-order valence-electron chi connectivity index (χ0n) is 9.03. The van der Waals surface area contributed by atoms with Crippen LogP contribution in [0.2, 0.25) is 0 Å². The molecule has 0 aliphatic carbocycles. The Morgan fingerprint density at radius 1 is 1.65 bits per heavy atom. The lowest BCUT2D eigenvalue weighted by molar-refractivity contribution is -0.142. The van der Waals surface area contributed by atoms with Crippen LogP contribution in [0.15, 0.2) is 16.9 Å². The van der Waals surface area contributed by atoms with Gasteiger partial charge in [0.15, 0.2) is 0 Å². The normalized spacial score (nSPS) is 10.6. The highest BCUT2D eigenvalue weighted by Crippen LogP contribution is 2.14. The number of hydrogen-bond acceptors (Lipinski definition) is 6. The summed E-state index contributed by atoms with van der Waals surface area (Å²) in [6.07, 6.45) is 3.35.